The number of aromatic nitrogens is 2. The smallest absolute Gasteiger partial charge is 0.160 e. The summed E-state index contributed by atoms with van der Waals surface area (Å²) in [7, 11) is 0. The lowest BCUT2D eigenvalue weighted by molar-refractivity contribution is 1.10. The van der Waals surface area contributed by atoms with Gasteiger partial charge in [0.25, 0.3) is 0 Å². The average Bonchev–Trinajstić information content (AvgIpc) is 3.22. The molecule has 8 rings (SSSR count). The molecule has 7 aromatic carbocycles. The Balaban J connectivity index is 1.28. The molecule has 1 aromatic heterocycles. The first-order valence-corrected chi connectivity index (χ1v) is 18.1. The number of hydrogen-bond acceptors (Lipinski definition) is 2. The zero-order valence-corrected chi connectivity index (χ0v) is 29.8. The van der Waals surface area contributed by atoms with E-state index in [1.54, 1.807) is 0 Å². The molecule has 0 aliphatic heterocycles. The Bertz CT molecular complexity index is 2620. The highest BCUT2D eigenvalue weighted by Crippen LogP contribution is 2.38. The van der Waals surface area contributed by atoms with E-state index in [-0.39, 0.29) is 0 Å². The van der Waals surface area contributed by atoms with Crippen LogP contribution in [-0.4, -0.2) is 9.97 Å². The van der Waals surface area contributed by atoms with E-state index in [1.165, 1.54) is 54.6 Å². The lowest BCUT2D eigenvalue weighted by atomic mass is 9.93. The third kappa shape index (κ3) is 6.48. The van der Waals surface area contributed by atoms with Crippen LogP contribution in [-0.2, 0) is 0 Å². The fraction of sp³-hybridized carbons (Fsp3) is 0.0800. The number of allylic oxidation sites excluding steroid dienone is 6. The van der Waals surface area contributed by atoms with Crippen molar-refractivity contribution < 1.29 is 0 Å². The van der Waals surface area contributed by atoms with Crippen LogP contribution < -0.4 is 0 Å². The Kier molecular flexibility index (Phi) is 9.12. The Labute approximate surface area is 306 Å². The second-order valence-corrected chi connectivity index (χ2v) is 13.3. The summed E-state index contributed by atoms with van der Waals surface area (Å²) >= 11 is 0. The molecule has 0 spiro atoms. The number of hydrogen-bond donors (Lipinski definition) is 0. The van der Waals surface area contributed by atoms with Gasteiger partial charge in [0.05, 0.1) is 11.4 Å². The highest BCUT2D eigenvalue weighted by Gasteiger charge is 2.15. The Hall–Kier alpha value is -6.38. The van der Waals surface area contributed by atoms with Crippen molar-refractivity contribution in [1.82, 2.24) is 9.97 Å². The first-order chi connectivity index (χ1) is 25.6. The van der Waals surface area contributed by atoms with Crippen LogP contribution in [0.5, 0.6) is 0 Å². The molecule has 0 aliphatic carbocycles. The molecule has 0 saturated heterocycles. The van der Waals surface area contributed by atoms with Gasteiger partial charge in [-0.25, -0.2) is 9.97 Å². The fourth-order valence-electron chi connectivity index (χ4n) is 7.03. The summed E-state index contributed by atoms with van der Waals surface area (Å²) in [5.41, 5.74) is 10.9. The quantitative estimate of drug-likeness (QED) is 0.119. The lowest BCUT2D eigenvalue weighted by Gasteiger charge is -2.13. The summed E-state index contributed by atoms with van der Waals surface area (Å²) in [6.45, 7) is 6.44. The van der Waals surface area contributed by atoms with Crippen LogP contribution in [0.4, 0.5) is 0 Å². The molecule has 2 heteroatoms. The van der Waals surface area contributed by atoms with Crippen molar-refractivity contribution in [2.75, 3.05) is 0 Å². The minimum Gasteiger partial charge on any atom is -0.228 e. The molecule has 0 atom stereocenters. The first kappa shape index (κ1) is 32.8. The van der Waals surface area contributed by atoms with Crippen LogP contribution in [0.1, 0.15) is 32.8 Å². The van der Waals surface area contributed by atoms with Gasteiger partial charge in [-0.1, -0.05) is 170 Å². The monoisotopic (exact) mass is 668 g/mol. The Morgan fingerprint density at radius 1 is 0.500 bits per heavy atom. The summed E-state index contributed by atoms with van der Waals surface area (Å²) < 4.78 is 0. The maximum absolute atomic E-state index is 5.28. The van der Waals surface area contributed by atoms with Gasteiger partial charge in [0.1, 0.15) is 0 Å². The van der Waals surface area contributed by atoms with E-state index in [1.807, 2.05) is 0 Å². The minimum atomic E-state index is 0.704. The summed E-state index contributed by atoms with van der Waals surface area (Å²) in [5.74, 6) is 0.704. The van der Waals surface area contributed by atoms with Crippen molar-refractivity contribution in [3.8, 4) is 45.0 Å². The predicted molar refractivity (Wildman–Crippen MR) is 223 cm³/mol. The molecule has 0 aliphatic rings. The van der Waals surface area contributed by atoms with Gasteiger partial charge in [-0.15, -0.1) is 0 Å². The van der Waals surface area contributed by atoms with Gasteiger partial charge >= 0.3 is 0 Å². The van der Waals surface area contributed by atoms with Gasteiger partial charge in [-0.2, -0.15) is 0 Å². The molecule has 0 bridgehead atoms. The number of fused-ring (bicyclic) bond motifs is 6. The molecule has 250 valence electrons. The summed E-state index contributed by atoms with van der Waals surface area (Å²) in [6.07, 6.45) is 9.73. The van der Waals surface area contributed by atoms with Gasteiger partial charge in [0.2, 0.25) is 0 Å². The van der Waals surface area contributed by atoms with Crippen molar-refractivity contribution in [2.24, 2.45) is 0 Å². The maximum Gasteiger partial charge on any atom is 0.160 e. The lowest BCUT2D eigenvalue weighted by Crippen LogP contribution is -1.97. The maximum atomic E-state index is 5.28. The Morgan fingerprint density at radius 2 is 1.04 bits per heavy atom. The van der Waals surface area contributed by atoms with Gasteiger partial charge in [0, 0.05) is 16.7 Å². The third-order valence-electron chi connectivity index (χ3n) is 10.0. The van der Waals surface area contributed by atoms with E-state index in [0.29, 0.717) is 5.82 Å². The zero-order valence-electron chi connectivity index (χ0n) is 29.8. The highest BCUT2D eigenvalue weighted by atomic mass is 14.9. The zero-order chi connectivity index (χ0) is 35.4. The van der Waals surface area contributed by atoms with E-state index in [4.69, 9.17) is 9.97 Å². The van der Waals surface area contributed by atoms with Crippen LogP contribution in [0.3, 0.4) is 0 Å². The van der Waals surface area contributed by atoms with E-state index in [0.717, 1.165) is 40.1 Å². The van der Waals surface area contributed by atoms with E-state index in [2.05, 4.69) is 197 Å². The molecule has 0 unspecified atom stereocenters. The second-order valence-electron chi connectivity index (χ2n) is 13.3. The highest BCUT2D eigenvalue weighted by molar-refractivity contribution is 6.25. The van der Waals surface area contributed by atoms with Gasteiger partial charge in [-0.05, 0) is 93.0 Å². The largest absolute Gasteiger partial charge is 0.228 e. The molecular weight excluding hydrogens is 629 g/mol. The first-order valence-electron chi connectivity index (χ1n) is 18.1. The summed E-state index contributed by atoms with van der Waals surface area (Å²) in [6, 6.07) is 54.1. The van der Waals surface area contributed by atoms with Crippen LogP contribution in [0.15, 0.2) is 182 Å². The summed E-state index contributed by atoms with van der Waals surface area (Å²) in [5, 5.41) is 7.44. The molecule has 52 heavy (non-hydrogen) atoms. The van der Waals surface area contributed by atoms with E-state index >= 15 is 0 Å². The molecular formula is C50H40N2. The third-order valence-corrected chi connectivity index (χ3v) is 10.0. The molecule has 0 N–H and O–H groups in total. The molecule has 0 radical (unpaired) electrons. The standard InChI is InChI=1S/C50H40N2/c1-4-34(3)15-13-18-35(5-2)39-19-14-20-40(31-39)49-33-48(38-27-25-37(26-28-38)36-16-7-6-8-17-36)51-50(52-49)41-29-30-46-44-23-10-9-21-42(44)43-22-11-12-24-45(43)47(46)32-41/h5-33H,4H2,1-3H3/b18-13-,34-15+,35-5+. The Morgan fingerprint density at radius 3 is 1.69 bits per heavy atom. The van der Waals surface area contributed by atoms with Crippen molar-refractivity contribution >= 4 is 37.9 Å². The van der Waals surface area contributed by atoms with Crippen molar-refractivity contribution in [1.29, 1.82) is 0 Å². The van der Waals surface area contributed by atoms with Crippen molar-refractivity contribution in [3.63, 3.8) is 0 Å². The molecule has 2 nitrogen and oxygen atoms in total. The fourth-order valence-corrected chi connectivity index (χ4v) is 7.03. The van der Waals surface area contributed by atoms with Crippen LogP contribution in [0, 0.1) is 0 Å². The normalized spacial score (nSPS) is 12.4. The minimum absolute atomic E-state index is 0.704. The van der Waals surface area contributed by atoms with Crippen LogP contribution in [0.2, 0.25) is 0 Å². The SMILES string of the molecule is C\C=C(/C=C\C=C(/C)CC)c1cccc(-c2cc(-c3ccc(-c4ccccc4)cc3)nc(-c3ccc4c5ccccc5c5ccccc5c4c3)n2)c1. The molecule has 0 fully saturated rings. The van der Waals surface area contributed by atoms with E-state index in [9.17, 15) is 0 Å². The van der Waals surface area contributed by atoms with Crippen molar-refractivity contribution in [2.45, 2.75) is 27.2 Å². The molecule has 8 aromatic rings. The number of nitrogens with zero attached hydrogens (tertiary/aromatic N) is 2. The topological polar surface area (TPSA) is 25.8 Å². The summed E-state index contributed by atoms with van der Waals surface area (Å²) in [4.78, 5) is 10.5. The second kappa shape index (κ2) is 14.5. The number of rotatable bonds is 8. The van der Waals surface area contributed by atoms with Gasteiger partial charge in [0.15, 0.2) is 5.82 Å². The molecule has 0 saturated carbocycles. The molecule has 0 amide bonds. The van der Waals surface area contributed by atoms with Crippen molar-refractivity contribution in [3.05, 3.63) is 187 Å². The predicted octanol–water partition coefficient (Wildman–Crippen LogP) is 13.9. The molecule has 1 heterocycles. The van der Waals surface area contributed by atoms with E-state index < -0.39 is 0 Å². The van der Waals surface area contributed by atoms with Gasteiger partial charge < -0.3 is 0 Å². The average molecular weight is 669 g/mol. The number of benzene rings is 7. The van der Waals surface area contributed by atoms with Crippen LogP contribution in [0.25, 0.3) is 82.9 Å². The van der Waals surface area contributed by atoms with Crippen LogP contribution >= 0.6 is 0 Å². The van der Waals surface area contributed by atoms with Gasteiger partial charge in [-0.3, -0.25) is 0 Å².